The maximum atomic E-state index is 13.3. The minimum atomic E-state index is -1.06. The Morgan fingerprint density at radius 3 is 2.61 bits per heavy atom. The molecule has 1 heterocycles. The molecule has 5 nitrogen and oxygen atoms in total. The van der Waals surface area contributed by atoms with Crippen LogP contribution in [0.15, 0.2) is 41.3 Å². The van der Waals surface area contributed by atoms with Gasteiger partial charge in [0, 0.05) is 18.0 Å². The van der Waals surface area contributed by atoms with Crippen LogP contribution in [-0.4, -0.2) is 27.8 Å². The highest BCUT2D eigenvalue weighted by atomic mass is 32.2. The van der Waals surface area contributed by atoms with Gasteiger partial charge in [-0.15, -0.1) is 11.8 Å². The van der Waals surface area contributed by atoms with Crippen molar-refractivity contribution in [2.45, 2.75) is 0 Å². The van der Waals surface area contributed by atoms with Gasteiger partial charge in [0.05, 0.1) is 10.5 Å². The van der Waals surface area contributed by atoms with Crippen molar-refractivity contribution in [3.63, 3.8) is 0 Å². The van der Waals surface area contributed by atoms with E-state index in [0.717, 1.165) is 23.9 Å². The van der Waals surface area contributed by atoms with Crippen molar-refractivity contribution in [1.82, 2.24) is 9.97 Å². The molecule has 0 saturated heterocycles. The fourth-order valence-corrected chi connectivity index (χ4v) is 2.79. The summed E-state index contributed by atoms with van der Waals surface area (Å²) in [6, 6.07) is 3.12. The number of hydrogen-bond acceptors (Lipinski definition) is 6. The second kappa shape index (κ2) is 5.88. The molecule has 0 radical (unpaired) electrons. The summed E-state index contributed by atoms with van der Waals surface area (Å²) in [7, 11) is 0. The molecule has 1 aromatic heterocycles. The summed E-state index contributed by atoms with van der Waals surface area (Å²) in [4.78, 5) is 32.7. The van der Waals surface area contributed by atoms with E-state index in [1.807, 2.05) is 0 Å². The van der Waals surface area contributed by atoms with Crippen LogP contribution in [0.5, 0.6) is 0 Å². The number of aromatic nitrogens is 2. The molecule has 0 unspecified atom stereocenters. The van der Waals surface area contributed by atoms with Crippen molar-refractivity contribution in [3.05, 3.63) is 64.2 Å². The molecule has 2 aromatic rings. The minimum absolute atomic E-state index is 0.00388. The first kappa shape index (κ1) is 15.3. The molecule has 0 amide bonds. The van der Waals surface area contributed by atoms with Crippen molar-refractivity contribution in [3.8, 4) is 0 Å². The summed E-state index contributed by atoms with van der Waals surface area (Å²) in [5.74, 6) is -2.95. The molecular formula is C15H9F2N3O2S. The van der Waals surface area contributed by atoms with Crippen LogP contribution in [-0.2, 0) is 0 Å². The zero-order chi connectivity index (χ0) is 16.6. The Kier molecular flexibility index (Phi) is 3.91. The molecule has 8 heteroatoms. The van der Waals surface area contributed by atoms with Crippen LogP contribution in [0.4, 0.5) is 14.5 Å². The van der Waals surface area contributed by atoms with Crippen molar-refractivity contribution >= 4 is 29.0 Å². The van der Waals surface area contributed by atoms with E-state index in [9.17, 15) is 18.4 Å². The molecule has 0 saturated carbocycles. The number of nitrogens with one attached hydrogen (secondary N) is 1. The third kappa shape index (κ3) is 2.61. The van der Waals surface area contributed by atoms with Gasteiger partial charge in [0.2, 0.25) is 11.6 Å². The van der Waals surface area contributed by atoms with E-state index in [0.29, 0.717) is 0 Å². The van der Waals surface area contributed by atoms with Crippen LogP contribution in [0, 0.1) is 11.6 Å². The molecule has 1 aliphatic rings. The Bertz CT molecular complexity index is 868. The van der Waals surface area contributed by atoms with E-state index < -0.39 is 23.2 Å². The van der Waals surface area contributed by atoms with Crippen molar-refractivity contribution < 1.29 is 18.4 Å². The Morgan fingerprint density at radius 2 is 1.91 bits per heavy atom. The van der Waals surface area contributed by atoms with E-state index in [-0.39, 0.29) is 27.5 Å². The number of rotatable bonds is 3. The average Bonchev–Trinajstić information content (AvgIpc) is 2.56. The first-order valence-corrected chi connectivity index (χ1v) is 7.65. The van der Waals surface area contributed by atoms with Gasteiger partial charge >= 0.3 is 0 Å². The molecule has 0 atom stereocenters. The number of hydrogen-bond donors (Lipinski definition) is 1. The van der Waals surface area contributed by atoms with Gasteiger partial charge in [-0.2, -0.15) is 0 Å². The van der Waals surface area contributed by atoms with Gasteiger partial charge in [0.15, 0.2) is 11.6 Å². The Hall–Kier alpha value is -2.61. The second-order valence-corrected chi connectivity index (χ2v) is 5.42. The van der Waals surface area contributed by atoms with Crippen molar-refractivity contribution in [1.29, 1.82) is 0 Å². The predicted octanol–water partition coefficient (Wildman–Crippen LogP) is 2.82. The Labute approximate surface area is 133 Å². The third-order valence-corrected chi connectivity index (χ3v) is 4.02. The molecule has 1 aliphatic carbocycles. The number of halogens is 2. The highest BCUT2D eigenvalue weighted by Crippen LogP contribution is 2.31. The summed E-state index contributed by atoms with van der Waals surface area (Å²) in [5, 5.41) is 2.70. The van der Waals surface area contributed by atoms with Gasteiger partial charge in [-0.3, -0.25) is 9.59 Å². The SMILES string of the molecule is CSC1=C(Nc2ccc(F)c(F)c2)C(=O)c2cncnc2C1=O. The molecule has 0 aliphatic heterocycles. The maximum absolute atomic E-state index is 13.3. The van der Waals surface area contributed by atoms with E-state index in [2.05, 4.69) is 15.3 Å². The van der Waals surface area contributed by atoms with Crippen molar-refractivity contribution in [2.75, 3.05) is 11.6 Å². The average molecular weight is 333 g/mol. The van der Waals surface area contributed by atoms with Gasteiger partial charge in [-0.25, -0.2) is 18.7 Å². The molecule has 0 bridgehead atoms. The lowest BCUT2D eigenvalue weighted by molar-refractivity contribution is 0.0978. The third-order valence-electron chi connectivity index (χ3n) is 3.23. The van der Waals surface area contributed by atoms with Crippen LogP contribution in [0.2, 0.25) is 0 Å². The summed E-state index contributed by atoms with van der Waals surface area (Å²) < 4.78 is 26.3. The largest absolute Gasteiger partial charge is 0.351 e. The standard InChI is InChI=1S/C15H9F2N3O2S/c1-23-15-12(20-7-2-3-9(16)10(17)4-7)13(21)8-5-18-6-19-11(8)14(15)22/h2-6,20H,1H3. The van der Waals surface area contributed by atoms with Gasteiger partial charge in [-0.1, -0.05) is 0 Å². The smallest absolute Gasteiger partial charge is 0.220 e. The maximum Gasteiger partial charge on any atom is 0.220 e. The van der Waals surface area contributed by atoms with Gasteiger partial charge < -0.3 is 5.32 Å². The minimum Gasteiger partial charge on any atom is -0.351 e. The van der Waals surface area contributed by atoms with Crippen LogP contribution >= 0.6 is 11.8 Å². The molecular weight excluding hydrogens is 324 g/mol. The number of benzene rings is 1. The van der Waals surface area contributed by atoms with Crippen LogP contribution in [0.1, 0.15) is 20.8 Å². The summed E-state index contributed by atoms with van der Waals surface area (Å²) >= 11 is 1.07. The van der Waals surface area contributed by atoms with Crippen LogP contribution < -0.4 is 5.32 Å². The van der Waals surface area contributed by atoms with E-state index in [1.165, 1.54) is 18.6 Å². The van der Waals surface area contributed by atoms with Crippen LogP contribution in [0.3, 0.4) is 0 Å². The van der Waals surface area contributed by atoms with E-state index >= 15 is 0 Å². The monoisotopic (exact) mass is 333 g/mol. The zero-order valence-corrected chi connectivity index (χ0v) is 12.6. The van der Waals surface area contributed by atoms with Crippen molar-refractivity contribution in [2.24, 2.45) is 0 Å². The predicted molar refractivity (Wildman–Crippen MR) is 81.2 cm³/mol. The molecule has 1 aromatic carbocycles. The first-order chi connectivity index (χ1) is 11.0. The molecule has 23 heavy (non-hydrogen) atoms. The molecule has 0 spiro atoms. The summed E-state index contributed by atoms with van der Waals surface area (Å²) in [6.07, 6.45) is 4.09. The number of ketones is 2. The van der Waals surface area contributed by atoms with Gasteiger partial charge in [0.1, 0.15) is 17.7 Å². The molecule has 1 N–H and O–H groups in total. The van der Waals surface area contributed by atoms with E-state index in [1.54, 1.807) is 6.26 Å². The molecule has 3 rings (SSSR count). The quantitative estimate of drug-likeness (QED) is 0.931. The Balaban J connectivity index is 2.07. The van der Waals surface area contributed by atoms with Gasteiger partial charge in [-0.05, 0) is 18.4 Å². The second-order valence-electron chi connectivity index (χ2n) is 4.61. The number of carbonyl (C=O) groups is 2. The number of thioether (sulfide) groups is 1. The number of anilines is 1. The first-order valence-electron chi connectivity index (χ1n) is 6.42. The zero-order valence-electron chi connectivity index (χ0n) is 11.8. The topological polar surface area (TPSA) is 72.0 Å². The summed E-state index contributed by atoms with van der Waals surface area (Å²) in [6.45, 7) is 0. The number of allylic oxidation sites excluding steroid dienone is 2. The Morgan fingerprint density at radius 1 is 1.13 bits per heavy atom. The molecule has 0 fully saturated rings. The number of carbonyl (C=O) groups excluding carboxylic acids is 2. The number of Topliss-reactive ketones (excluding diaryl/α,β-unsaturated/α-hetero) is 2. The van der Waals surface area contributed by atoms with Crippen LogP contribution in [0.25, 0.3) is 0 Å². The highest BCUT2D eigenvalue weighted by molar-refractivity contribution is 8.03. The fraction of sp³-hybridized carbons (Fsp3) is 0.0667. The number of nitrogens with zero attached hydrogens (tertiary/aromatic N) is 2. The fourth-order valence-electron chi connectivity index (χ4n) is 2.16. The molecule has 116 valence electrons. The normalized spacial score (nSPS) is 14.0. The summed E-state index contributed by atoms with van der Waals surface area (Å²) in [5.41, 5.74) is 0.258. The lowest BCUT2D eigenvalue weighted by Gasteiger charge is -2.19. The van der Waals surface area contributed by atoms with E-state index in [4.69, 9.17) is 0 Å². The lowest BCUT2D eigenvalue weighted by atomic mass is 9.98. The lowest BCUT2D eigenvalue weighted by Crippen LogP contribution is -2.26. The van der Waals surface area contributed by atoms with Gasteiger partial charge in [0.25, 0.3) is 0 Å². The highest BCUT2D eigenvalue weighted by Gasteiger charge is 2.33. The number of fused-ring (bicyclic) bond motifs is 1.